The summed E-state index contributed by atoms with van der Waals surface area (Å²) in [7, 11) is 0. The minimum Gasteiger partial charge on any atom is -0.379 e. The van der Waals surface area contributed by atoms with E-state index >= 15 is 0 Å². The topological polar surface area (TPSA) is 35.8 Å². The van der Waals surface area contributed by atoms with Gasteiger partial charge in [0.1, 0.15) is 6.07 Å². The Hall–Kier alpha value is -1.08. The van der Waals surface area contributed by atoms with Gasteiger partial charge in [-0.3, -0.25) is 0 Å². The van der Waals surface area contributed by atoms with Gasteiger partial charge in [-0.25, -0.2) is 4.39 Å². The lowest BCUT2D eigenvalue weighted by molar-refractivity contribution is 0.556. The maximum atomic E-state index is 14.1. The summed E-state index contributed by atoms with van der Waals surface area (Å²) in [5, 5.41) is 12.2. The molecule has 2 nitrogen and oxygen atoms in total. The van der Waals surface area contributed by atoms with Gasteiger partial charge in [-0.1, -0.05) is 0 Å². The molecule has 0 aromatic heterocycles. The molecule has 2 aliphatic carbocycles. The molecular weight excluding hydrogens is 295 g/mol. The third-order valence-corrected chi connectivity index (χ3v) is 4.56. The summed E-state index contributed by atoms with van der Waals surface area (Å²) >= 11 is 3.15. The van der Waals surface area contributed by atoms with E-state index in [4.69, 9.17) is 5.26 Å². The van der Waals surface area contributed by atoms with Crippen molar-refractivity contribution in [3.05, 3.63) is 28.0 Å². The van der Waals surface area contributed by atoms with Gasteiger partial charge in [0.05, 0.1) is 15.7 Å². The predicted molar refractivity (Wildman–Crippen MR) is 71.7 cm³/mol. The highest BCUT2D eigenvalue weighted by Crippen LogP contribution is 2.46. The molecule has 0 unspecified atom stereocenters. The molecule has 0 atom stereocenters. The third kappa shape index (κ3) is 2.24. The fraction of sp³-hybridized carbons (Fsp3) is 0.500. The monoisotopic (exact) mass is 308 g/mol. The average Bonchev–Trinajstić information content (AvgIpc) is 3.24. The number of hydrogen-bond donors (Lipinski definition) is 1. The number of benzene rings is 1. The van der Waals surface area contributed by atoms with E-state index in [1.807, 2.05) is 6.07 Å². The van der Waals surface area contributed by atoms with Gasteiger partial charge in [0, 0.05) is 6.04 Å². The zero-order valence-electron chi connectivity index (χ0n) is 9.92. The maximum Gasteiger partial charge on any atom is 0.161 e. The molecule has 0 saturated heterocycles. The molecule has 4 heteroatoms. The smallest absolute Gasteiger partial charge is 0.161 e. The van der Waals surface area contributed by atoms with Crippen LogP contribution in [0.3, 0.4) is 0 Å². The number of nitrogens with zero attached hydrogens (tertiary/aromatic N) is 1. The first-order valence-electron chi connectivity index (χ1n) is 6.35. The van der Waals surface area contributed by atoms with Crippen molar-refractivity contribution in [3.63, 3.8) is 0 Å². The summed E-state index contributed by atoms with van der Waals surface area (Å²) < 4.78 is 14.4. The van der Waals surface area contributed by atoms with Gasteiger partial charge in [-0.2, -0.15) is 5.26 Å². The molecule has 2 saturated carbocycles. The van der Waals surface area contributed by atoms with Gasteiger partial charge in [0.2, 0.25) is 0 Å². The Kier molecular flexibility index (Phi) is 3.03. The van der Waals surface area contributed by atoms with Crippen LogP contribution in [0.5, 0.6) is 0 Å². The van der Waals surface area contributed by atoms with E-state index in [0.717, 1.165) is 0 Å². The Bertz CT molecular complexity index is 503. The Labute approximate surface area is 114 Å². The molecule has 1 aromatic carbocycles. The second-order valence-corrected chi connectivity index (χ2v) is 6.04. The first-order valence-corrected chi connectivity index (χ1v) is 7.14. The highest BCUT2D eigenvalue weighted by molar-refractivity contribution is 9.10. The number of rotatable bonds is 4. The molecule has 2 aliphatic rings. The van der Waals surface area contributed by atoms with Crippen molar-refractivity contribution in [3.8, 4) is 6.07 Å². The van der Waals surface area contributed by atoms with Crippen LogP contribution in [-0.4, -0.2) is 6.04 Å². The second kappa shape index (κ2) is 4.55. The van der Waals surface area contributed by atoms with Crippen LogP contribution in [0.25, 0.3) is 0 Å². The molecule has 1 N–H and O–H groups in total. The van der Waals surface area contributed by atoms with Crippen LogP contribution in [0.15, 0.2) is 16.6 Å². The van der Waals surface area contributed by atoms with Gasteiger partial charge in [-0.15, -0.1) is 0 Å². The average molecular weight is 309 g/mol. The van der Waals surface area contributed by atoms with Gasteiger partial charge in [-0.05, 0) is 65.6 Å². The Morgan fingerprint density at radius 2 is 1.89 bits per heavy atom. The second-order valence-electron chi connectivity index (χ2n) is 5.25. The van der Waals surface area contributed by atoms with E-state index < -0.39 is 0 Å². The van der Waals surface area contributed by atoms with E-state index in [1.165, 1.54) is 25.7 Å². The Morgan fingerprint density at radius 3 is 2.39 bits per heavy atom. The summed E-state index contributed by atoms with van der Waals surface area (Å²) in [5.74, 6) is 1.08. The summed E-state index contributed by atoms with van der Waals surface area (Å²) in [6, 6.07) is 5.72. The summed E-state index contributed by atoms with van der Waals surface area (Å²) in [6.07, 6.45) is 5.03. The molecule has 1 aromatic rings. The van der Waals surface area contributed by atoms with E-state index in [9.17, 15) is 4.39 Å². The van der Waals surface area contributed by atoms with E-state index in [0.29, 0.717) is 29.1 Å². The Morgan fingerprint density at radius 1 is 1.28 bits per heavy atom. The summed E-state index contributed by atoms with van der Waals surface area (Å²) in [6.45, 7) is 0. The first kappa shape index (κ1) is 12.0. The lowest BCUT2D eigenvalue weighted by atomic mass is 10.1. The highest BCUT2D eigenvalue weighted by atomic mass is 79.9. The molecule has 94 valence electrons. The van der Waals surface area contributed by atoms with Crippen LogP contribution in [0.4, 0.5) is 10.1 Å². The van der Waals surface area contributed by atoms with Gasteiger partial charge >= 0.3 is 0 Å². The first-order chi connectivity index (χ1) is 8.70. The number of halogens is 2. The molecule has 0 spiro atoms. The van der Waals surface area contributed by atoms with E-state index in [1.54, 1.807) is 12.1 Å². The van der Waals surface area contributed by atoms with Crippen LogP contribution in [0.1, 0.15) is 31.2 Å². The molecule has 3 rings (SSSR count). The fourth-order valence-electron chi connectivity index (χ4n) is 2.46. The number of nitrogens with one attached hydrogen (secondary N) is 1. The molecule has 0 heterocycles. The minimum atomic E-state index is -0.347. The maximum absolute atomic E-state index is 14.1. The highest BCUT2D eigenvalue weighted by Gasteiger charge is 2.41. The minimum absolute atomic E-state index is 0.264. The van der Waals surface area contributed by atoms with Crippen LogP contribution >= 0.6 is 15.9 Å². The van der Waals surface area contributed by atoms with Crippen LogP contribution in [0, 0.1) is 29.0 Å². The van der Waals surface area contributed by atoms with Crippen molar-refractivity contribution in [1.29, 1.82) is 5.26 Å². The lowest BCUT2D eigenvalue weighted by Gasteiger charge is -2.20. The van der Waals surface area contributed by atoms with Crippen molar-refractivity contribution in [2.75, 3.05) is 5.32 Å². The standard InChI is InChI=1S/C14H14BrFN2/c15-12-10(7-17)5-6-11(13(12)16)18-14(8-1-2-8)9-3-4-9/h5-6,8-9,14,18H,1-4H2. The van der Waals surface area contributed by atoms with Gasteiger partial charge < -0.3 is 5.32 Å². The summed E-state index contributed by atoms with van der Waals surface area (Å²) in [4.78, 5) is 0. The number of hydrogen-bond acceptors (Lipinski definition) is 2. The van der Waals surface area contributed by atoms with Crippen molar-refractivity contribution in [1.82, 2.24) is 0 Å². The molecule has 0 amide bonds. The van der Waals surface area contributed by atoms with Crippen molar-refractivity contribution < 1.29 is 4.39 Å². The number of anilines is 1. The lowest BCUT2D eigenvalue weighted by Crippen LogP contribution is -2.24. The SMILES string of the molecule is N#Cc1ccc(NC(C2CC2)C2CC2)c(F)c1Br. The normalized spacial score (nSPS) is 18.8. The van der Waals surface area contributed by atoms with Crippen molar-refractivity contribution in [2.45, 2.75) is 31.7 Å². The largest absolute Gasteiger partial charge is 0.379 e. The zero-order valence-corrected chi connectivity index (χ0v) is 11.5. The van der Waals surface area contributed by atoms with Gasteiger partial charge in [0.25, 0.3) is 0 Å². The van der Waals surface area contributed by atoms with Gasteiger partial charge in [0.15, 0.2) is 5.82 Å². The molecule has 18 heavy (non-hydrogen) atoms. The van der Waals surface area contributed by atoms with Crippen molar-refractivity contribution >= 4 is 21.6 Å². The number of nitriles is 1. The fourth-order valence-corrected chi connectivity index (χ4v) is 2.89. The zero-order chi connectivity index (χ0) is 12.7. The molecule has 0 aliphatic heterocycles. The van der Waals surface area contributed by atoms with E-state index in [-0.39, 0.29) is 10.3 Å². The molecule has 0 bridgehead atoms. The molecule has 0 radical (unpaired) electrons. The third-order valence-electron chi connectivity index (χ3n) is 3.78. The van der Waals surface area contributed by atoms with Crippen LogP contribution in [0.2, 0.25) is 0 Å². The van der Waals surface area contributed by atoms with Crippen LogP contribution in [-0.2, 0) is 0 Å². The van der Waals surface area contributed by atoms with Crippen molar-refractivity contribution in [2.24, 2.45) is 11.8 Å². The van der Waals surface area contributed by atoms with Crippen LogP contribution < -0.4 is 5.32 Å². The molecule has 2 fully saturated rings. The Balaban J connectivity index is 1.83. The summed E-state index contributed by atoms with van der Waals surface area (Å²) in [5.41, 5.74) is 0.858. The molecular formula is C14H14BrFN2. The quantitative estimate of drug-likeness (QED) is 0.910. The predicted octanol–water partition coefficient (Wildman–Crippen LogP) is 4.06. The van der Waals surface area contributed by atoms with E-state index in [2.05, 4.69) is 21.2 Å².